The Kier molecular flexibility index (Phi) is 4.92. The van der Waals surface area contributed by atoms with Crippen molar-refractivity contribution < 1.29 is 14.0 Å². The minimum absolute atomic E-state index is 0.262. The molecule has 0 spiro atoms. The van der Waals surface area contributed by atoms with Crippen LogP contribution in [0.4, 0.5) is 4.39 Å². The van der Waals surface area contributed by atoms with Crippen LogP contribution in [0.15, 0.2) is 54.6 Å². The number of rotatable bonds is 5. The van der Waals surface area contributed by atoms with Crippen LogP contribution in [0.5, 0.6) is 0 Å². The third kappa shape index (κ3) is 3.53. The van der Waals surface area contributed by atoms with Gasteiger partial charge in [-0.1, -0.05) is 30.3 Å². The molecule has 2 aromatic carbocycles. The predicted octanol–water partition coefficient (Wildman–Crippen LogP) is 4.95. The first-order valence-corrected chi connectivity index (χ1v) is 9.27. The van der Waals surface area contributed by atoms with E-state index in [9.17, 15) is 9.18 Å². The van der Waals surface area contributed by atoms with Gasteiger partial charge in [0, 0.05) is 35.6 Å². The number of hydrogen-bond donors (Lipinski definition) is 0. The molecule has 0 saturated heterocycles. The summed E-state index contributed by atoms with van der Waals surface area (Å²) in [5.74, 6) is -0.153. The van der Waals surface area contributed by atoms with Crippen molar-refractivity contribution in [1.29, 1.82) is 0 Å². The number of para-hydroxylation sites is 1. The molecule has 1 heterocycles. The molecular weight excluding hydrogens is 355 g/mol. The van der Waals surface area contributed by atoms with Gasteiger partial charge in [-0.3, -0.25) is 14.6 Å². The molecule has 0 bridgehead atoms. The van der Waals surface area contributed by atoms with Crippen LogP contribution in [-0.2, 0) is 9.63 Å². The molecule has 1 aliphatic rings. The summed E-state index contributed by atoms with van der Waals surface area (Å²) in [5, 5.41) is 2.14. The Bertz CT molecular complexity index is 1060. The Hall–Kier alpha value is -3.05. The lowest BCUT2D eigenvalue weighted by molar-refractivity contribution is -0.162. The SMILES string of the molecule is CON(C)C(=O)/C=C/c1c(C2CC2)nc2ccccc2c1-c1ccc(F)cc1. The number of nitrogens with zero attached hydrogens (tertiary/aromatic N) is 2. The van der Waals surface area contributed by atoms with Gasteiger partial charge in [-0.05, 0) is 42.7 Å². The summed E-state index contributed by atoms with van der Waals surface area (Å²) in [6.07, 6.45) is 5.47. The third-order valence-corrected chi connectivity index (χ3v) is 5.03. The highest BCUT2D eigenvalue weighted by molar-refractivity contribution is 6.01. The highest BCUT2D eigenvalue weighted by Crippen LogP contribution is 2.45. The molecule has 0 aliphatic heterocycles. The maximum atomic E-state index is 13.5. The fourth-order valence-electron chi connectivity index (χ4n) is 3.36. The molecule has 0 N–H and O–H groups in total. The van der Waals surface area contributed by atoms with Gasteiger partial charge in [0.25, 0.3) is 5.91 Å². The topological polar surface area (TPSA) is 42.4 Å². The number of aromatic nitrogens is 1. The summed E-state index contributed by atoms with van der Waals surface area (Å²) in [7, 11) is 3.01. The number of likely N-dealkylation sites (N-methyl/N-ethyl adjacent to an activating group) is 1. The zero-order chi connectivity index (χ0) is 19.7. The molecule has 0 unspecified atom stereocenters. The van der Waals surface area contributed by atoms with Gasteiger partial charge in [0.05, 0.1) is 18.3 Å². The molecule has 4 nitrogen and oxygen atoms in total. The van der Waals surface area contributed by atoms with Gasteiger partial charge in [0.15, 0.2) is 0 Å². The van der Waals surface area contributed by atoms with Crippen LogP contribution in [0.3, 0.4) is 0 Å². The average Bonchev–Trinajstić information content (AvgIpc) is 3.56. The quantitative estimate of drug-likeness (QED) is 0.467. The van der Waals surface area contributed by atoms with Crippen LogP contribution < -0.4 is 0 Å². The third-order valence-electron chi connectivity index (χ3n) is 5.03. The fourth-order valence-corrected chi connectivity index (χ4v) is 3.36. The number of hydrogen-bond acceptors (Lipinski definition) is 3. The monoisotopic (exact) mass is 376 g/mol. The highest BCUT2D eigenvalue weighted by Gasteiger charge is 2.29. The van der Waals surface area contributed by atoms with E-state index in [1.807, 2.05) is 30.3 Å². The molecule has 0 atom stereocenters. The summed E-state index contributed by atoms with van der Waals surface area (Å²) in [6.45, 7) is 0. The molecule has 142 valence electrons. The Morgan fingerprint density at radius 2 is 1.89 bits per heavy atom. The molecule has 1 aromatic heterocycles. The number of fused-ring (bicyclic) bond motifs is 1. The molecule has 5 heteroatoms. The molecule has 3 aromatic rings. The first-order chi connectivity index (χ1) is 13.6. The molecule has 1 amide bonds. The summed E-state index contributed by atoms with van der Waals surface area (Å²) in [4.78, 5) is 22.1. The first-order valence-electron chi connectivity index (χ1n) is 9.27. The number of halogens is 1. The van der Waals surface area contributed by atoms with Crippen molar-refractivity contribution in [3.05, 3.63) is 71.7 Å². The lowest BCUT2D eigenvalue weighted by Gasteiger charge is -2.16. The van der Waals surface area contributed by atoms with E-state index in [0.29, 0.717) is 5.92 Å². The minimum atomic E-state index is -0.279. The molecular formula is C23H21FN2O2. The second-order valence-electron chi connectivity index (χ2n) is 6.94. The molecule has 1 aliphatic carbocycles. The average molecular weight is 376 g/mol. The zero-order valence-electron chi connectivity index (χ0n) is 15.9. The number of hydroxylamine groups is 2. The molecule has 1 fully saturated rings. The smallest absolute Gasteiger partial charge is 0.269 e. The van der Waals surface area contributed by atoms with Crippen molar-refractivity contribution in [3.63, 3.8) is 0 Å². The van der Waals surface area contributed by atoms with E-state index in [1.54, 1.807) is 19.2 Å². The van der Waals surface area contributed by atoms with E-state index in [2.05, 4.69) is 0 Å². The number of pyridine rings is 1. The van der Waals surface area contributed by atoms with Gasteiger partial charge in [-0.15, -0.1) is 0 Å². The van der Waals surface area contributed by atoms with E-state index < -0.39 is 0 Å². The van der Waals surface area contributed by atoms with Crippen molar-refractivity contribution in [2.45, 2.75) is 18.8 Å². The van der Waals surface area contributed by atoms with E-state index in [-0.39, 0.29) is 11.7 Å². The van der Waals surface area contributed by atoms with Gasteiger partial charge in [-0.2, -0.15) is 0 Å². The lowest BCUT2D eigenvalue weighted by Crippen LogP contribution is -2.23. The van der Waals surface area contributed by atoms with Crippen LogP contribution in [0, 0.1) is 5.82 Å². The molecule has 0 radical (unpaired) electrons. The molecule has 4 rings (SSSR count). The maximum absolute atomic E-state index is 13.5. The second kappa shape index (κ2) is 7.52. The maximum Gasteiger partial charge on any atom is 0.269 e. The van der Waals surface area contributed by atoms with Crippen LogP contribution in [-0.4, -0.2) is 30.1 Å². The van der Waals surface area contributed by atoms with Crippen LogP contribution >= 0.6 is 0 Å². The van der Waals surface area contributed by atoms with E-state index in [4.69, 9.17) is 9.82 Å². The second-order valence-corrected chi connectivity index (χ2v) is 6.94. The van der Waals surface area contributed by atoms with Gasteiger partial charge in [0.1, 0.15) is 5.82 Å². The van der Waals surface area contributed by atoms with Crippen molar-refractivity contribution in [2.75, 3.05) is 14.2 Å². The number of carbonyl (C=O) groups excluding carboxylic acids is 1. The minimum Gasteiger partial charge on any atom is -0.274 e. The van der Waals surface area contributed by atoms with Gasteiger partial charge >= 0.3 is 0 Å². The van der Waals surface area contributed by atoms with Crippen molar-refractivity contribution in [1.82, 2.24) is 10.0 Å². The number of carbonyl (C=O) groups is 1. The van der Waals surface area contributed by atoms with Crippen LogP contribution in [0.2, 0.25) is 0 Å². The van der Waals surface area contributed by atoms with Crippen LogP contribution in [0.1, 0.15) is 30.0 Å². The lowest BCUT2D eigenvalue weighted by atomic mass is 9.92. The van der Waals surface area contributed by atoms with Crippen molar-refractivity contribution in [2.24, 2.45) is 0 Å². The van der Waals surface area contributed by atoms with Crippen LogP contribution in [0.25, 0.3) is 28.1 Å². The normalized spacial score (nSPS) is 14.0. The Morgan fingerprint density at radius 3 is 2.57 bits per heavy atom. The molecule has 28 heavy (non-hydrogen) atoms. The van der Waals surface area contributed by atoms with E-state index in [1.165, 1.54) is 30.4 Å². The zero-order valence-corrected chi connectivity index (χ0v) is 15.9. The Balaban J connectivity index is 1.96. The van der Waals surface area contributed by atoms with Gasteiger partial charge < -0.3 is 0 Å². The Morgan fingerprint density at radius 1 is 1.18 bits per heavy atom. The summed E-state index contributed by atoms with van der Waals surface area (Å²) < 4.78 is 13.5. The number of amides is 1. The van der Waals surface area contributed by atoms with Gasteiger partial charge in [0.2, 0.25) is 0 Å². The summed E-state index contributed by atoms with van der Waals surface area (Å²) in [5.41, 5.74) is 4.67. The summed E-state index contributed by atoms with van der Waals surface area (Å²) in [6, 6.07) is 14.4. The summed E-state index contributed by atoms with van der Waals surface area (Å²) >= 11 is 0. The standard InChI is InChI=1S/C23H21FN2O2/c1-26(28-2)21(27)14-13-19-22(15-9-11-17(24)12-10-15)18-5-3-4-6-20(18)25-23(19)16-7-8-16/h3-6,9-14,16H,7-8H2,1-2H3/b14-13+. The molecule has 1 saturated carbocycles. The van der Waals surface area contributed by atoms with E-state index >= 15 is 0 Å². The van der Waals surface area contributed by atoms with Gasteiger partial charge in [-0.25, -0.2) is 9.45 Å². The Labute approximate surface area is 163 Å². The van der Waals surface area contributed by atoms with E-state index in [0.717, 1.165) is 46.1 Å². The highest BCUT2D eigenvalue weighted by atomic mass is 19.1. The van der Waals surface area contributed by atoms with Crippen molar-refractivity contribution in [3.8, 4) is 11.1 Å². The first kappa shape index (κ1) is 18.3. The largest absolute Gasteiger partial charge is 0.274 e. The predicted molar refractivity (Wildman–Crippen MR) is 108 cm³/mol. The van der Waals surface area contributed by atoms with Crippen molar-refractivity contribution >= 4 is 22.9 Å². The number of benzene rings is 2. The fraction of sp³-hybridized carbons (Fsp3) is 0.217.